The second kappa shape index (κ2) is 13.2. The Morgan fingerprint density at radius 2 is 1.91 bits per heavy atom. The van der Waals surface area contributed by atoms with Gasteiger partial charge in [-0.1, -0.05) is 24.3 Å². The predicted molar refractivity (Wildman–Crippen MR) is 139 cm³/mol. The number of nitrogens with one attached hydrogen (secondary N) is 3. The minimum absolute atomic E-state index is 0. The van der Waals surface area contributed by atoms with Crippen molar-refractivity contribution >= 4 is 40.0 Å². The highest BCUT2D eigenvalue weighted by molar-refractivity contribution is 14.0. The molecule has 32 heavy (non-hydrogen) atoms. The van der Waals surface area contributed by atoms with Gasteiger partial charge in [0.05, 0.1) is 24.6 Å². The summed E-state index contributed by atoms with van der Waals surface area (Å²) in [5.41, 5.74) is 1.70. The summed E-state index contributed by atoms with van der Waals surface area (Å²) >= 11 is 0. The zero-order valence-corrected chi connectivity index (χ0v) is 21.9. The Balaban J connectivity index is 0.00000363. The van der Waals surface area contributed by atoms with Crippen LogP contribution in [-0.2, 0) is 22.3 Å². The van der Waals surface area contributed by atoms with Crippen molar-refractivity contribution in [3.8, 4) is 0 Å². The van der Waals surface area contributed by atoms with Crippen LogP contribution in [0.2, 0.25) is 0 Å². The van der Waals surface area contributed by atoms with E-state index < -0.39 is 10.0 Å². The van der Waals surface area contributed by atoms with Crippen LogP contribution < -0.4 is 15.4 Å². The van der Waals surface area contributed by atoms with Crippen molar-refractivity contribution in [3.05, 3.63) is 59.5 Å². The molecule has 1 fully saturated rings. The first kappa shape index (κ1) is 26.6. The average molecular weight is 576 g/mol. The molecule has 1 unspecified atom stereocenters. The quantitative estimate of drug-likeness (QED) is 0.229. The lowest BCUT2D eigenvalue weighted by Crippen LogP contribution is -2.42. The molecule has 2 heterocycles. The Morgan fingerprint density at radius 1 is 1.16 bits per heavy atom. The van der Waals surface area contributed by atoms with Crippen molar-refractivity contribution in [1.82, 2.24) is 20.3 Å². The fourth-order valence-corrected chi connectivity index (χ4v) is 4.52. The molecule has 1 aromatic carbocycles. The summed E-state index contributed by atoms with van der Waals surface area (Å²) in [6, 6.07) is 11.6. The first-order valence-electron chi connectivity index (χ1n) is 10.8. The van der Waals surface area contributed by atoms with Crippen LogP contribution in [0.4, 0.5) is 0 Å². The van der Waals surface area contributed by atoms with Gasteiger partial charge < -0.3 is 15.1 Å². The second-order valence-electron chi connectivity index (χ2n) is 7.63. The number of aliphatic imine (C=N–C) groups is 1. The summed E-state index contributed by atoms with van der Waals surface area (Å²) < 4.78 is 31.7. The number of furan rings is 1. The maximum absolute atomic E-state index is 11.8. The van der Waals surface area contributed by atoms with Crippen molar-refractivity contribution in [2.45, 2.75) is 38.1 Å². The SMILES string of the molecule is CCNC(=NCc1cccc(CS(=O)(=O)NC)c1)NCC(c1ccco1)N1CCCC1.I. The van der Waals surface area contributed by atoms with Gasteiger partial charge in [0.15, 0.2) is 5.96 Å². The summed E-state index contributed by atoms with van der Waals surface area (Å²) in [6.45, 7) is 6.08. The Morgan fingerprint density at radius 3 is 2.56 bits per heavy atom. The van der Waals surface area contributed by atoms with E-state index in [2.05, 4.69) is 20.3 Å². The lowest BCUT2D eigenvalue weighted by atomic mass is 10.1. The van der Waals surface area contributed by atoms with Crippen molar-refractivity contribution in [2.24, 2.45) is 4.99 Å². The van der Waals surface area contributed by atoms with E-state index in [1.54, 1.807) is 6.26 Å². The minimum atomic E-state index is -3.30. The van der Waals surface area contributed by atoms with Crippen LogP contribution in [0.1, 0.15) is 42.7 Å². The molecule has 0 amide bonds. The molecule has 1 atom stereocenters. The van der Waals surface area contributed by atoms with Gasteiger partial charge in [-0.05, 0) is 63.2 Å². The van der Waals surface area contributed by atoms with Crippen LogP contribution >= 0.6 is 24.0 Å². The first-order valence-corrected chi connectivity index (χ1v) is 12.4. The highest BCUT2D eigenvalue weighted by Gasteiger charge is 2.25. The van der Waals surface area contributed by atoms with Crippen LogP contribution in [0.15, 0.2) is 52.1 Å². The van der Waals surface area contributed by atoms with Crippen LogP contribution in [0, 0.1) is 0 Å². The van der Waals surface area contributed by atoms with Crippen molar-refractivity contribution in [2.75, 3.05) is 33.2 Å². The first-order chi connectivity index (χ1) is 15.0. The van der Waals surface area contributed by atoms with Gasteiger partial charge in [0.1, 0.15) is 5.76 Å². The fraction of sp³-hybridized carbons (Fsp3) is 0.500. The number of rotatable bonds is 10. The predicted octanol–water partition coefficient (Wildman–Crippen LogP) is 2.84. The summed E-state index contributed by atoms with van der Waals surface area (Å²) in [4.78, 5) is 7.15. The monoisotopic (exact) mass is 575 g/mol. The molecule has 0 saturated carbocycles. The van der Waals surface area contributed by atoms with Crippen LogP contribution in [-0.4, -0.2) is 52.5 Å². The Labute approximate surface area is 208 Å². The molecular weight excluding hydrogens is 541 g/mol. The second-order valence-corrected chi connectivity index (χ2v) is 9.56. The number of hydrogen-bond donors (Lipinski definition) is 3. The fourth-order valence-electron chi connectivity index (χ4n) is 3.76. The van der Waals surface area contributed by atoms with E-state index in [4.69, 9.17) is 9.41 Å². The van der Waals surface area contributed by atoms with Gasteiger partial charge in [-0.25, -0.2) is 18.1 Å². The van der Waals surface area contributed by atoms with Crippen LogP contribution in [0.25, 0.3) is 0 Å². The smallest absolute Gasteiger partial charge is 0.215 e. The molecule has 0 radical (unpaired) electrons. The molecule has 1 aliphatic rings. The molecule has 1 aliphatic heterocycles. The molecule has 1 saturated heterocycles. The Kier molecular flexibility index (Phi) is 11.0. The van der Waals surface area contributed by atoms with Gasteiger partial charge in [-0.3, -0.25) is 4.90 Å². The molecule has 178 valence electrons. The number of benzene rings is 1. The number of likely N-dealkylation sites (tertiary alicyclic amines) is 1. The van der Waals surface area contributed by atoms with E-state index >= 15 is 0 Å². The van der Waals surface area contributed by atoms with Crippen molar-refractivity contribution < 1.29 is 12.8 Å². The van der Waals surface area contributed by atoms with Crippen LogP contribution in [0.3, 0.4) is 0 Å². The lowest BCUT2D eigenvalue weighted by molar-refractivity contribution is 0.215. The van der Waals surface area contributed by atoms with E-state index in [1.807, 2.05) is 43.3 Å². The third kappa shape index (κ3) is 8.05. The Bertz CT molecular complexity index is 944. The molecule has 3 rings (SSSR count). The topological polar surface area (TPSA) is 99.0 Å². The Hall–Kier alpha value is -1.63. The van der Waals surface area contributed by atoms with E-state index in [-0.39, 0.29) is 35.8 Å². The number of halogens is 1. The summed E-state index contributed by atoms with van der Waals surface area (Å²) in [6.07, 6.45) is 4.15. The average Bonchev–Trinajstić information content (AvgIpc) is 3.47. The van der Waals surface area contributed by atoms with Gasteiger partial charge >= 0.3 is 0 Å². The zero-order valence-electron chi connectivity index (χ0n) is 18.7. The highest BCUT2D eigenvalue weighted by atomic mass is 127. The van der Waals surface area contributed by atoms with Gasteiger partial charge in [-0.2, -0.15) is 0 Å². The van der Waals surface area contributed by atoms with E-state index in [0.29, 0.717) is 13.1 Å². The van der Waals surface area contributed by atoms with Gasteiger partial charge in [0.25, 0.3) is 0 Å². The molecule has 0 spiro atoms. The zero-order chi connectivity index (χ0) is 22.1. The third-order valence-electron chi connectivity index (χ3n) is 5.34. The van der Waals surface area contributed by atoms with Crippen molar-refractivity contribution in [1.29, 1.82) is 0 Å². The van der Waals surface area contributed by atoms with Gasteiger partial charge in [0.2, 0.25) is 10.0 Å². The van der Waals surface area contributed by atoms with E-state index in [1.165, 1.54) is 19.9 Å². The summed E-state index contributed by atoms with van der Waals surface area (Å²) in [7, 11) is -1.87. The summed E-state index contributed by atoms with van der Waals surface area (Å²) in [5, 5.41) is 6.74. The molecule has 2 aromatic rings. The lowest BCUT2D eigenvalue weighted by Gasteiger charge is -2.26. The number of guanidine groups is 1. The maximum atomic E-state index is 11.8. The normalized spacial score (nSPS) is 15.9. The molecule has 10 heteroatoms. The molecule has 8 nitrogen and oxygen atoms in total. The van der Waals surface area contributed by atoms with E-state index in [9.17, 15) is 8.42 Å². The molecule has 0 bridgehead atoms. The molecular formula is C22H34IN5O3S. The molecule has 3 N–H and O–H groups in total. The summed E-state index contributed by atoms with van der Waals surface area (Å²) in [5.74, 6) is 1.65. The third-order valence-corrected chi connectivity index (χ3v) is 6.67. The standard InChI is InChI=1S/C22H33N5O3S.HI/c1-3-24-22(25-15-18-8-6-9-19(14-18)17-31(28,29)23-2)26-16-20(21-10-7-13-30-21)27-11-4-5-12-27;/h6-10,13-14,20,23H,3-5,11-12,15-17H2,1-2H3,(H2,24,25,26);1H. The van der Waals surface area contributed by atoms with Gasteiger partial charge in [-0.15, -0.1) is 24.0 Å². The number of sulfonamides is 1. The van der Waals surface area contributed by atoms with Crippen molar-refractivity contribution in [3.63, 3.8) is 0 Å². The van der Waals surface area contributed by atoms with Crippen LogP contribution in [0.5, 0.6) is 0 Å². The molecule has 0 aliphatic carbocycles. The highest BCUT2D eigenvalue weighted by Crippen LogP contribution is 2.24. The van der Waals surface area contributed by atoms with Gasteiger partial charge in [0, 0.05) is 13.1 Å². The minimum Gasteiger partial charge on any atom is -0.468 e. The maximum Gasteiger partial charge on any atom is 0.215 e. The number of nitrogens with zero attached hydrogens (tertiary/aromatic N) is 2. The largest absolute Gasteiger partial charge is 0.468 e. The van der Waals surface area contributed by atoms with E-state index in [0.717, 1.165) is 42.5 Å². The molecule has 1 aromatic heterocycles. The number of hydrogen-bond acceptors (Lipinski definition) is 5.